The van der Waals surface area contributed by atoms with Crippen LogP contribution < -0.4 is 21.9 Å². The number of aromatic nitrogens is 2. The Labute approximate surface area is 137 Å². The molecular formula is C15H22N4O5. The van der Waals surface area contributed by atoms with Crippen LogP contribution in [0, 0.1) is 5.92 Å². The fourth-order valence-corrected chi connectivity index (χ4v) is 2.77. The fourth-order valence-electron chi connectivity index (χ4n) is 2.77. The number of aliphatic hydroxyl groups is 1. The summed E-state index contributed by atoms with van der Waals surface area (Å²) >= 11 is 0. The molecule has 9 heteroatoms. The first-order valence-corrected chi connectivity index (χ1v) is 8.02. The molecule has 0 aliphatic heterocycles. The molecule has 1 fully saturated rings. The van der Waals surface area contributed by atoms with Crippen molar-refractivity contribution in [2.24, 2.45) is 5.92 Å². The third-order valence-electron chi connectivity index (χ3n) is 4.16. The summed E-state index contributed by atoms with van der Waals surface area (Å²) < 4.78 is 0. The quantitative estimate of drug-likeness (QED) is 0.445. The Balaban J connectivity index is 1.92. The summed E-state index contributed by atoms with van der Waals surface area (Å²) in [4.78, 5) is 50.7. The molecule has 0 radical (unpaired) electrons. The maximum Gasteiger partial charge on any atom is 0.325 e. The van der Waals surface area contributed by atoms with Gasteiger partial charge in [-0.25, -0.2) is 4.79 Å². The van der Waals surface area contributed by atoms with E-state index >= 15 is 0 Å². The first kappa shape index (κ1) is 17.9. The maximum absolute atomic E-state index is 12.1. The standard InChI is InChI=1S/C15H22N4O5/c20-8-11(14(23)16-6-9-4-2-1-3-5-9)18-12(21)10-7-17-15(24)19-13(10)22/h7,9,11,20H,1-6,8H2,(H,16,23)(H,18,21)(H2,17,19,22,24). The van der Waals surface area contributed by atoms with Crippen molar-refractivity contribution in [2.45, 2.75) is 38.1 Å². The van der Waals surface area contributed by atoms with Gasteiger partial charge in [-0.1, -0.05) is 19.3 Å². The predicted octanol–water partition coefficient (Wildman–Crippen LogP) is -1.15. The Morgan fingerprint density at radius 2 is 1.96 bits per heavy atom. The Kier molecular flexibility index (Phi) is 6.30. The van der Waals surface area contributed by atoms with Gasteiger partial charge in [0.15, 0.2) is 0 Å². The van der Waals surface area contributed by atoms with E-state index in [2.05, 4.69) is 15.6 Å². The van der Waals surface area contributed by atoms with Crippen LogP contribution in [0.2, 0.25) is 0 Å². The molecular weight excluding hydrogens is 316 g/mol. The third kappa shape index (κ3) is 4.79. The molecule has 0 spiro atoms. The molecule has 1 aromatic heterocycles. The molecule has 1 atom stereocenters. The summed E-state index contributed by atoms with van der Waals surface area (Å²) in [6.07, 6.45) is 6.59. The molecule has 2 amide bonds. The first-order chi connectivity index (χ1) is 11.5. The minimum Gasteiger partial charge on any atom is -0.394 e. The third-order valence-corrected chi connectivity index (χ3v) is 4.16. The number of rotatable bonds is 6. The molecule has 132 valence electrons. The number of carbonyl (C=O) groups excluding carboxylic acids is 2. The molecule has 24 heavy (non-hydrogen) atoms. The van der Waals surface area contributed by atoms with Crippen molar-refractivity contribution in [3.05, 3.63) is 32.6 Å². The minimum atomic E-state index is -1.16. The van der Waals surface area contributed by atoms with E-state index in [1.165, 1.54) is 6.42 Å². The molecule has 1 unspecified atom stereocenters. The van der Waals surface area contributed by atoms with E-state index in [4.69, 9.17) is 0 Å². The van der Waals surface area contributed by atoms with Gasteiger partial charge >= 0.3 is 5.69 Å². The van der Waals surface area contributed by atoms with Gasteiger partial charge in [0, 0.05) is 12.7 Å². The monoisotopic (exact) mass is 338 g/mol. The fraction of sp³-hybridized carbons (Fsp3) is 0.600. The van der Waals surface area contributed by atoms with Gasteiger partial charge in [-0.2, -0.15) is 0 Å². The molecule has 0 saturated heterocycles. The maximum atomic E-state index is 12.1. The van der Waals surface area contributed by atoms with E-state index in [9.17, 15) is 24.3 Å². The average molecular weight is 338 g/mol. The zero-order valence-electron chi connectivity index (χ0n) is 13.3. The molecule has 1 saturated carbocycles. The SMILES string of the molecule is O=C(NC(CO)C(=O)NCC1CCCCC1)c1c[nH]c(=O)[nH]c1=O. The highest BCUT2D eigenvalue weighted by atomic mass is 16.3. The van der Waals surface area contributed by atoms with Crippen LogP contribution in [0.4, 0.5) is 0 Å². The van der Waals surface area contributed by atoms with Crippen LogP contribution in [-0.4, -0.2) is 46.1 Å². The van der Waals surface area contributed by atoms with Crippen molar-refractivity contribution in [1.82, 2.24) is 20.6 Å². The molecule has 1 aromatic rings. The Morgan fingerprint density at radius 1 is 1.25 bits per heavy atom. The van der Waals surface area contributed by atoms with E-state index in [-0.39, 0.29) is 5.56 Å². The van der Waals surface area contributed by atoms with Gasteiger partial charge in [0.25, 0.3) is 11.5 Å². The first-order valence-electron chi connectivity index (χ1n) is 8.02. The lowest BCUT2D eigenvalue weighted by Crippen LogP contribution is -2.50. The van der Waals surface area contributed by atoms with E-state index < -0.39 is 35.7 Å². The van der Waals surface area contributed by atoms with Gasteiger partial charge in [0.1, 0.15) is 11.6 Å². The van der Waals surface area contributed by atoms with Crippen LogP contribution in [0.5, 0.6) is 0 Å². The van der Waals surface area contributed by atoms with Gasteiger partial charge in [-0.15, -0.1) is 0 Å². The highest BCUT2D eigenvalue weighted by Crippen LogP contribution is 2.22. The summed E-state index contributed by atoms with van der Waals surface area (Å²) in [6, 6.07) is -1.16. The number of carbonyl (C=O) groups is 2. The lowest BCUT2D eigenvalue weighted by Gasteiger charge is -2.23. The van der Waals surface area contributed by atoms with Crippen molar-refractivity contribution in [1.29, 1.82) is 0 Å². The van der Waals surface area contributed by atoms with Gasteiger partial charge in [0.2, 0.25) is 5.91 Å². The number of amides is 2. The molecule has 1 heterocycles. The summed E-state index contributed by atoms with van der Waals surface area (Å²) in [5.41, 5.74) is -1.94. The van der Waals surface area contributed by atoms with Crippen molar-refractivity contribution in [3.8, 4) is 0 Å². The lowest BCUT2D eigenvalue weighted by molar-refractivity contribution is -0.124. The van der Waals surface area contributed by atoms with Crippen molar-refractivity contribution in [2.75, 3.05) is 13.2 Å². The molecule has 9 nitrogen and oxygen atoms in total. The van der Waals surface area contributed by atoms with Gasteiger partial charge in [-0.3, -0.25) is 19.4 Å². The second-order valence-electron chi connectivity index (χ2n) is 5.94. The van der Waals surface area contributed by atoms with Crippen molar-refractivity contribution < 1.29 is 14.7 Å². The number of aliphatic hydroxyl groups excluding tert-OH is 1. The predicted molar refractivity (Wildman–Crippen MR) is 85.6 cm³/mol. The van der Waals surface area contributed by atoms with Crippen LogP contribution in [0.15, 0.2) is 15.8 Å². The lowest BCUT2D eigenvalue weighted by atomic mass is 9.89. The summed E-state index contributed by atoms with van der Waals surface area (Å²) in [7, 11) is 0. The number of H-pyrrole nitrogens is 2. The van der Waals surface area contributed by atoms with Crippen LogP contribution in [0.25, 0.3) is 0 Å². The van der Waals surface area contributed by atoms with Crippen LogP contribution in [0.1, 0.15) is 42.5 Å². The van der Waals surface area contributed by atoms with E-state index in [1.807, 2.05) is 4.98 Å². The number of aromatic amines is 2. The van der Waals surface area contributed by atoms with Gasteiger partial charge in [0.05, 0.1) is 6.61 Å². The van der Waals surface area contributed by atoms with E-state index in [0.29, 0.717) is 12.5 Å². The smallest absolute Gasteiger partial charge is 0.325 e. The van der Waals surface area contributed by atoms with E-state index in [0.717, 1.165) is 31.9 Å². The van der Waals surface area contributed by atoms with Crippen molar-refractivity contribution >= 4 is 11.8 Å². The highest BCUT2D eigenvalue weighted by molar-refractivity contribution is 5.97. The molecule has 2 rings (SSSR count). The largest absolute Gasteiger partial charge is 0.394 e. The minimum absolute atomic E-state index is 0.340. The summed E-state index contributed by atoms with van der Waals surface area (Å²) in [6.45, 7) is -0.0893. The molecule has 1 aliphatic carbocycles. The molecule has 0 bridgehead atoms. The van der Waals surface area contributed by atoms with Gasteiger partial charge < -0.3 is 20.7 Å². The highest BCUT2D eigenvalue weighted by Gasteiger charge is 2.23. The van der Waals surface area contributed by atoms with Crippen LogP contribution >= 0.6 is 0 Å². The molecule has 1 aliphatic rings. The number of nitrogens with one attached hydrogen (secondary N) is 4. The Morgan fingerprint density at radius 3 is 2.58 bits per heavy atom. The summed E-state index contributed by atoms with van der Waals surface area (Å²) in [5.74, 6) is -0.934. The Bertz CT molecular complexity index is 690. The molecule has 0 aromatic carbocycles. The van der Waals surface area contributed by atoms with Crippen LogP contribution in [-0.2, 0) is 4.79 Å². The second kappa shape index (κ2) is 8.44. The normalized spacial score (nSPS) is 16.4. The van der Waals surface area contributed by atoms with Gasteiger partial charge in [-0.05, 0) is 18.8 Å². The average Bonchev–Trinajstić information content (AvgIpc) is 2.58. The Hall–Kier alpha value is -2.42. The van der Waals surface area contributed by atoms with Crippen molar-refractivity contribution in [3.63, 3.8) is 0 Å². The zero-order valence-corrected chi connectivity index (χ0v) is 13.3. The number of hydrogen-bond donors (Lipinski definition) is 5. The summed E-state index contributed by atoms with van der Waals surface area (Å²) in [5, 5.41) is 14.3. The topological polar surface area (TPSA) is 144 Å². The second-order valence-corrected chi connectivity index (χ2v) is 5.94. The van der Waals surface area contributed by atoms with E-state index in [1.54, 1.807) is 0 Å². The zero-order chi connectivity index (χ0) is 17.5. The molecule has 5 N–H and O–H groups in total. The number of hydrogen-bond acceptors (Lipinski definition) is 5. The van der Waals surface area contributed by atoms with Crippen LogP contribution in [0.3, 0.4) is 0 Å².